The number of anilines is 2. The Kier molecular flexibility index (Phi) is 9.41. The molecule has 1 saturated carbocycles. The molecular weight excluding hydrogens is 570 g/mol. The Morgan fingerprint density at radius 2 is 1.60 bits per heavy atom. The van der Waals surface area contributed by atoms with Crippen LogP contribution in [0.1, 0.15) is 87.7 Å². The zero-order valence-corrected chi connectivity index (χ0v) is 26.9. The number of nitrogens with one attached hydrogen (secondary N) is 2. The van der Waals surface area contributed by atoms with Crippen molar-refractivity contribution in [3.63, 3.8) is 0 Å². The number of rotatable bonds is 7. The number of aromatic nitrogens is 2. The van der Waals surface area contributed by atoms with E-state index >= 15 is 0 Å². The highest BCUT2D eigenvalue weighted by Crippen LogP contribution is 2.42. The van der Waals surface area contributed by atoms with Gasteiger partial charge in [0.05, 0.1) is 18.8 Å². The molecule has 238 valence electrons. The van der Waals surface area contributed by atoms with Crippen LogP contribution in [0.2, 0.25) is 0 Å². The Morgan fingerprint density at radius 3 is 2.24 bits per heavy atom. The van der Waals surface area contributed by atoms with Crippen molar-refractivity contribution in [2.75, 3.05) is 17.3 Å². The highest BCUT2D eigenvalue weighted by Gasteiger charge is 2.46. The summed E-state index contributed by atoms with van der Waals surface area (Å²) in [7, 11) is 1.44. The van der Waals surface area contributed by atoms with Crippen molar-refractivity contribution >= 4 is 29.5 Å². The summed E-state index contributed by atoms with van der Waals surface area (Å²) in [6.07, 6.45) is 4.70. The molecule has 2 amide bonds. The molecule has 2 unspecified atom stereocenters. The summed E-state index contributed by atoms with van der Waals surface area (Å²) in [5, 5.41) is 5.80. The second kappa shape index (κ2) is 13.3. The molecule has 2 aromatic carbocycles. The van der Waals surface area contributed by atoms with Gasteiger partial charge in [0.15, 0.2) is 0 Å². The molecule has 2 aliphatic rings. The zero-order valence-electron chi connectivity index (χ0n) is 26.9. The molecule has 1 saturated heterocycles. The molecule has 0 bridgehead atoms. The molecule has 2 fully saturated rings. The maximum Gasteiger partial charge on any atom is 0.412 e. The van der Waals surface area contributed by atoms with Gasteiger partial charge in [-0.15, -0.1) is 0 Å². The summed E-state index contributed by atoms with van der Waals surface area (Å²) < 4.78 is 10.5. The van der Waals surface area contributed by atoms with Crippen LogP contribution >= 0.6 is 0 Å². The van der Waals surface area contributed by atoms with Crippen LogP contribution in [0.25, 0.3) is 11.1 Å². The molecule has 2 heterocycles. The fourth-order valence-electron chi connectivity index (χ4n) is 6.40. The molecule has 0 spiro atoms. The number of methoxy groups -OCH3 is 1. The van der Waals surface area contributed by atoms with Crippen LogP contribution in [0, 0.1) is 12.8 Å². The summed E-state index contributed by atoms with van der Waals surface area (Å²) in [6, 6.07) is 16.2. The average Bonchev–Trinajstić information content (AvgIpc) is 3.39. The van der Waals surface area contributed by atoms with Crippen molar-refractivity contribution in [2.45, 2.75) is 90.4 Å². The van der Waals surface area contributed by atoms with E-state index in [0.717, 1.165) is 36.8 Å². The van der Waals surface area contributed by atoms with E-state index in [-0.39, 0.29) is 30.0 Å². The zero-order chi connectivity index (χ0) is 32.3. The van der Waals surface area contributed by atoms with E-state index in [1.54, 1.807) is 12.1 Å². The maximum atomic E-state index is 13.2. The first-order chi connectivity index (χ1) is 21.4. The summed E-state index contributed by atoms with van der Waals surface area (Å²) in [5.41, 5.74) is 3.15. The normalized spacial score (nSPS) is 20.1. The second-order valence-corrected chi connectivity index (χ2v) is 13.0. The lowest BCUT2D eigenvalue weighted by Crippen LogP contribution is -2.43. The number of aryl methyl sites for hydroxylation is 1. The first-order valence-electron chi connectivity index (χ1n) is 15.6. The quantitative estimate of drug-likeness (QED) is 0.286. The van der Waals surface area contributed by atoms with Crippen LogP contribution in [0.4, 0.5) is 16.3 Å². The van der Waals surface area contributed by atoms with Gasteiger partial charge in [0, 0.05) is 23.4 Å². The highest BCUT2D eigenvalue weighted by atomic mass is 16.6. The minimum Gasteiger partial charge on any atom is -0.467 e. The van der Waals surface area contributed by atoms with E-state index < -0.39 is 11.7 Å². The maximum absolute atomic E-state index is 13.2. The number of carbonyl (C=O) groups is 3. The van der Waals surface area contributed by atoms with Crippen molar-refractivity contribution in [3.8, 4) is 11.1 Å². The lowest BCUT2D eigenvalue weighted by molar-refractivity contribution is -0.142. The number of fused-ring (bicyclic) bond motifs is 1. The third kappa shape index (κ3) is 7.61. The van der Waals surface area contributed by atoms with Gasteiger partial charge < -0.3 is 19.7 Å². The van der Waals surface area contributed by atoms with Crippen molar-refractivity contribution in [1.82, 2.24) is 15.3 Å². The number of hydrogen-bond acceptors (Lipinski definition) is 8. The lowest BCUT2D eigenvalue weighted by atomic mass is 9.85. The van der Waals surface area contributed by atoms with Crippen LogP contribution in [-0.4, -0.2) is 52.7 Å². The predicted octanol–water partition coefficient (Wildman–Crippen LogP) is 6.60. The standard InChI is InChI=1S/C35H43N5O5/c1-21(28-20-31(38-22(2)37-28)40-29-10-8-7-9-26(29)19-30(40)33(42)44-6)36-32(41)25-13-11-23(12-14-25)24-15-17-27(18-16-24)39-34(43)45-35(3,4)5/h11-18,20-21,26,29-30H,7-10,19H2,1-6H3,(H,36,41)(H,39,43)/t21?,26-,29-,30?/m0/s1. The smallest absolute Gasteiger partial charge is 0.412 e. The average molecular weight is 614 g/mol. The van der Waals surface area contributed by atoms with Crippen LogP contribution in [0.3, 0.4) is 0 Å². The van der Waals surface area contributed by atoms with E-state index in [2.05, 4.69) is 20.5 Å². The Bertz CT molecular complexity index is 1530. The van der Waals surface area contributed by atoms with Gasteiger partial charge in [-0.1, -0.05) is 37.1 Å². The molecule has 5 rings (SSSR count). The van der Waals surface area contributed by atoms with Gasteiger partial charge in [-0.05, 0) is 95.2 Å². The van der Waals surface area contributed by atoms with Crippen LogP contribution in [0.5, 0.6) is 0 Å². The molecule has 1 aromatic heterocycles. The predicted molar refractivity (Wildman–Crippen MR) is 173 cm³/mol. The van der Waals surface area contributed by atoms with Gasteiger partial charge >= 0.3 is 12.1 Å². The van der Waals surface area contributed by atoms with Gasteiger partial charge in [-0.3, -0.25) is 10.1 Å². The topological polar surface area (TPSA) is 123 Å². The Labute approximate surface area is 264 Å². The first-order valence-corrected chi connectivity index (χ1v) is 15.6. The van der Waals surface area contributed by atoms with E-state index in [1.165, 1.54) is 13.5 Å². The summed E-state index contributed by atoms with van der Waals surface area (Å²) >= 11 is 0. The minimum absolute atomic E-state index is 0.218. The molecule has 45 heavy (non-hydrogen) atoms. The van der Waals surface area contributed by atoms with Gasteiger partial charge in [-0.25, -0.2) is 19.6 Å². The van der Waals surface area contributed by atoms with Gasteiger partial charge in [0.1, 0.15) is 23.3 Å². The monoisotopic (exact) mass is 613 g/mol. The highest BCUT2D eigenvalue weighted by molar-refractivity contribution is 5.95. The van der Waals surface area contributed by atoms with Crippen LogP contribution < -0.4 is 15.5 Å². The Balaban J connectivity index is 1.26. The third-order valence-corrected chi connectivity index (χ3v) is 8.47. The Hall–Kier alpha value is -4.47. The molecule has 1 aliphatic carbocycles. The van der Waals surface area contributed by atoms with E-state index in [9.17, 15) is 14.4 Å². The third-order valence-electron chi connectivity index (χ3n) is 8.47. The molecule has 3 aromatic rings. The minimum atomic E-state index is -0.575. The molecule has 2 N–H and O–H groups in total. The molecule has 10 nitrogen and oxygen atoms in total. The number of hydrogen-bond donors (Lipinski definition) is 2. The number of nitrogens with zero attached hydrogens (tertiary/aromatic N) is 3. The second-order valence-electron chi connectivity index (χ2n) is 13.0. The number of benzene rings is 2. The number of ether oxygens (including phenoxy) is 2. The fourth-order valence-corrected chi connectivity index (χ4v) is 6.40. The number of amides is 2. The molecule has 0 radical (unpaired) electrons. The van der Waals surface area contributed by atoms with Crippen molar-refractivity contribution < 1.29 is 23.9 Å². The molecule has 1 aliphatic heterocycles. The largest absolute Gasteiger partial charge is 0.467 e. The van der Waals surface area contributed by atoms with Gasteiger partial charge in [0.2, 0.25) is 0 Å². The number of carbonyl (C=O) groups excluding carboxylic acids is 3. The van der Waals surface area contributed by atoms with Crippen molar-refractivity contribution in [2.24, 2.45) is 5.92 Å². The summed E-state index contributed by atoms with van der Waals surface area (Å²) in [4.78, 5) is 49.6. The molecular formula is C35H43N5O5. The lowest BCUT2D eigenvalue weighted by Gasteiger charge is -2.34. The van der Waals surface area contributed by atoms with Crippen LogP contribution in [-0.2, 0) is 14.3 Å². The van der Waals surface area contributed by atoms with Crippen molar-refractivity contribution in [3.05, 3.63) is 71.7 Å². The SMILES string of the molecule is COC(=O)C1C[C@@H]2CCCC[C@@H]2N1c1cc(C(C)NC(=O)c2ccc(-c3ccc(NC(=O)OC(C)(C)C)cc3)cc2)nc(C)n1. The van der Waals surface area contributed by atoms with Gasteiger partial charge in [0.25, 0.3) is 5.91 Å². The van der Waals surface area contributed by atoms with Gasteiger partial charge in [-0.2, -0.15) is 0 Å². The Morgan fingerprint density at radius 1 is 0.956 bits per heavy atom. The molecule has 10 heteroatoms. The van der Waals surface area contributed by atoms with E-state index in [1.807, 2.05) is 77.1 Å². The summed E-state index contributed by atoms with van der Waals surface area (Å²) in [5.74, 6) is 1.28. The first kappa shape index (κ1) is 31.9. The molecule has 4 atom stereocenters. The summed E-state index contributed by atoms with van der Waals surface area (Å²) in [6.45, 7) is 9.18. The van der Waals surface area contributed by atoms with E-state index in [4.69, 9.17) is 14.5 Å². The van der Waals surface area contributed by atoms with Crippen molar-refractivity contribution in [1.29, 1.82) is 0 Å². The van der Waals surface area contributed by atoms with E-state index in [0.29, 0.717) is 34.5 Å². The fraction of sp³-hybridized carbons (Fsp3) is 0.457. The van der Waals surface area contributed by atoms with Crippen LogP contribution in [0.15, 0.2) is 54.6 Å². The number of esters is 1.